The molecule has 0 radical (unpaired) electrons. The van der Waals surface area contributed by atoms with Crippen LogP contribution in [0.4, 0.5) is 9.59 Å². The van der Waals surface area contributed by atoms with Gasteiger partial charge in [0, 0.05) is 5.60 Å². The molecule has 13 nitrogen and oxygen atoms in total. The van der Waals surface area contributed by atoms with Crippen molar-refractivity contribution in [2.24, 2.45) is 9.54 Å². The monoisotopic (exact) mass is 507 g/mol. The second-order valence-corrected chi connectivity index (χ2v) is 12.5. The van der Waals surface area contributed by atoms with Gasteiger partial charge in [0.2, 0.25) is 10.0 Å². The Hall–Kier alpha value is -2.13. The van der Waals surface area contributed by atoms with Gasteiger partial charge in [0.15, 0.2) is 6.08 Å². The Morgan fingerprint density at radius 3 is 1.16 bits per heavy atom. The molecule has 0 saturated heterocycles. The number of carbonyl (C=O) groups is 2. The number of nitrogens with zero attached hydrogens (tertiary/aromatic N) is 1. The molecule has 0 rings (SSSR count). The predicted octanol–water partition coefficient (Wildman–Crippen LogP) is 1.26. The van der Waals surface area contributed by atoms with Crippen LogP contribution in [0.15, 0.2) is 4.40 Å². The molecule has 0 aliphatic carbocycles. The van der Waals surface area contributed by atoms with Crippen LogP contribution in [0.1, 0.15) is 62.3 Å². The van der Waals surface area contributed by atoms with Gasteiger partial charge in [-0.15, -0.1) is 4.40 Å². The van der Waals surface area contributed by atoms with Gasteiger partial charge in [0.25, 0.3) is 10.0 Å². The fourth-order valence-corrected chi connectivity index (χ4v) is 1.33. The number of ether oxygens (including phenoxy) is 4. The lowest BCUT2D eigenvalue weighted by Crippen LogP contribution is -2.32. The van der Waals surface area contributed by atoms with Crippen LogP contribution in [0.5, 0.6) is 0 Å². The summed E-state index contributed by atoms with van der Waals surface area (Å²) < 4.78 is 61.0. The van der Waals surface area contributed by atoms with Crippen molar-refractivity contribution in [3.05, 3.63) is 0 Å². The molecule has 0 aliphatic rings. The summed E-state index contributed by atoms with van der Waals surface area (Å²) in [4.78, 5) is 22.0. The predicted molar refractivity (Wildman–Crippen MR) is 116 cm³/mol. The fraction of sp³-hybridized carbons (Fsp3) is 0.824. The van der Waals surface area contributed by atoms with Crippen LogP contribution in [-0.4, -0.2) is 64.5 Å². The minimum atomic E-state index is -3.65. The second kappa shape index (κ2) is 12.8. The molecular formula is C17H35N2O11S2-. The lowest BCUT2D eigenvalue weighted by atomic mass is 10.2. The topological polar surface area (TPSA) is 201 Å². The van der Waals surface area contributed by atoms with E-state index in [1.807, 2.05) is 0 Å². The smallest absolute Gasteiger partial charge is 0.519 e. The number of hydrogen-bond donors (Lipinski definition) is 1. The van der Waals surface area contributed by atoms with E-state index in [2.05, 4.69) is 19.0 Å². The van der Waals surface area contributed by atoms with Crippen molar-refractivity contribution in [3.8, 4) is 0 Å². The molecule has 0 amide bonds. The lowest BCUT2D eigenvalue weighted by molar-refractivity contribution is -0.259. The highest BCUT2D eigenvalue weighted by Gasteiger charge is 2.24. The average molecular weight is 508 g/mol. The highest BCUT2D eigenvalue weighted by Crippen LogP contribution is 2.11. The van der Waals surface area contributed by atoms with E-state index >= 15 is 0 Å². The Morgan fingerprint density at radius 1 is 0.719 bits per heavy atom. The summed E-state index contributed by atoms with van der Waals surface area (Å²) in [6.07, 6.45) is -1.43. The normalized spacial score (nSPS) is 12.8. The molecule has 0 fully saturated rings. The summed E-state index contributed by atoms with van der Waals surface area (Å²) in [5.74, 6) is 0. The van der Waals surface area contributed by atoms with Crippen molar-refractivity contribution in [1.29, 1.82) is 0 Å². The zero-order chi connectivity index (χ0) is 26.8. The minimum Gasteiger partial charge on any atom is -0.594 e. The van der Waals surface area contributed by atoms with Gasteiger partial charge in [0.1, 0.15) is 11.2 Å². The maximum absolute atomic E-state index is 11.0. The van der Waals surface area contributed by atoms with Crippen molar-refractivity contribution in [1.82, 2.24) is 0 Å². The summed E-state index contributed by atoms with van der Waals surface area (Å²) in [5.41, 5.74) is -2.11. The van der Waals surface area contributed by atoms with Gasteiger partial charge in [-0.2, -0.15) is 0 Å². The van der Waals surface area contributed by atoms with Gasteiger partial charge in [-0.05, 0) is 41.5 Å². The van der Waals surface area contributed by atoms with Crippen molar-refractivity contribution in [2.75, 3.05) is 12.5 Å². The van der Waals surface area contributed by atoms with E-state index in [0.29, 0.717) is 0 Å². The number of carbonyl (C=O) groups excluding carboxylic acids is 2. The van der Waals surface area contributed by atoms with E-state index in [0.717, 1.165) is 12.5 Å². The summed E-state index contributed by atoms with van der Waals surface area (Å²) in [7, 11) is -6.81. The van der Waals surface area contributed by atoms with Crippen LogP contribution in [0, 0.1) is 0 Å². The lowest BCUT2D eigenvalue weighted by Gasteiger charge is -2.28. The fourth-order valence-electron chi connectivity index (χ4n) is 1.03. The van der Waals surface area contributed by atoms with Crippen LogP contribution in [0.3, 0.4) is 0 Å². The first-order chi connectivity index (χ1) is 13.6. The minimum absolute atomic E-state index is 0.695. The largest absolute Gasteiger partial charge is 0.594 e. The molecule has 15 heteroatoms. The highest BCUT2D eigenvalue weighted by molar-refractivity contribution is 7.89. The van der Waals surface area contributed by atoms with E-state index < -0.39 is 55.2 Å². The van der Waals surface area contributed by atoms with Gasteiger partial charge in [-0.1, -0.05) is 20.8 Å². The summed E-state index contributed by atoms with van der Waals surface area (Å²) >= 11 is 0. The van der Waals surface area contributed by atoms with E-state index in [-0.39, 0.29) is 0 Å². The molecule has 192 valence electrons. The van der Waals surface area contributed by atoms with Gasteiger partial charge >= 0.3 is 12.3 Å². The van der Waals surface area contributed by atoms with E-state index in [9.17, 15) is 31.5 Å². The van der Waals surface area contributed by atoms with E-state index in [1.54, 1.807) is 62.3 Å². The summed E-state index contributed by atoms with van der Waals surface area (Å²) in [6.45, 7) is 14.9. The van der Waals surface area contributed by atoms with E-state index in [4.69, 9.17) is 9.47 Å². The Morgan fingerprint density at radius 2 is 0.969 bits per heavy atom. The molecule has 0 saturated carbocycles. The third kappa shape index (κ3) is 42.1. The third-order valence-corrected chi connectivity index (χ3v) is 2.06. The zero-order valence-corrected chi connectivity index (χ0v) is 22.0. The molecule has 0 spiro atoms. The SMILES string of the molecule is CC(C)(C)OC(=O)OC(=O)OC(C)(C)C.CC(C)(C)OC([O-])=NS(C)(=O)=O.CS(N)(=O)=O. The zero-order valence-electron chi connectivity index (χ0n) is 20.3. The first-order valence-corrected chi connectivity index (χ1v) is 12.7. The Bertz CT molecular complexity index is 808. The Balaban J connectivity index is -0.000000441. The second-order valence-electron chi connectivity index (χ2n) is 9.17. The molecule has 0 bridgehead atoms. The summed E-state index contributed by atoms with van der Waals surface area (Å²) in [6, 6.07) is 0. The standard InChI is InChI=1S/C10H18O5.C6H13NO4S.CH5NO2S/c1-9(2,3)14-7(11)13-8(12)15-10(4,5)6;1-6(2,3)11-5(8)7-12(4,9)10;1-5(2,3)4/h1-6H3;1-4H3,(H,7,8);1H3,(H2,2,3,4)/p-1. The first-order valence-electron chi connectivity index (χ1n) is 8.87. The molecule has 0 aliphatic heterocycles. The maximum Gasteiger partial charge on any atom is 0.519 e. The van der Waals surface area contributed by atoms with Crippen LogP contribution in [0.25, 0.3) is 0 Å². The average Bonchev–Trinajstić information content (AvgIpc) is 2.25. The van der Waals surface area contributed by atoms with E-state index in [1.165, 1.54) is 0 Å². The number of rotatable bonds is 1. The molecular weight excluding hydrogens is 472 g/mol. The van der Waals surface area contributed by atoms with Crippen LogP contribution < -0.4 is 10.2 Å². The maximum atomic E-state index is 11.0. The van der Waals surface area contributed by atoms with Crippen LogP contribution in [0.2, 0.25) is 0 Å². The molecule has 0 unspecified atom stereocenters. The number of nitrogens with two attached hydrogens (primary N) is 1. The first kappa shape index (κ1) is 34.5. The molecule has 0 heterocycles. The molecule has 2 N–H and O–H groups in total. The number of primary sulfonamides is 1. The van der Waals surface area contributed by atoms with Crippen molar-refractivity contribution in [2.45, 2.75) is 79.1 Å². The quantitative estimate of drug-likeness (QED) is 0.232. The Labute approximate surface area is 190 Å². The highest BCUT2D eigenvalue weighted by atomic mass is 32.2. The molecule has 0 aromatic heterocycles. The molecule has 0 aromatic carbocycles. The van der Waals surface area contributed by atoms with Crippen molar-refractivity contribution < 1.29 is 50.5 Å². The van der Waals surface area contributed by atoms with Gasteiger partial charge in [0.05, 0.1) is 12.5 Å². The summed E-state index contributed by atoms with van der Waals surface area (Å²) in [5, 5.41) is 15.0. The van der Waals surface area contributed by atoms with Gasteiger partial charge < -0.3 is 24.1 Å². The van der Waals surface area contributed by atoms with Crippen LogP contribution >= 0.6 is 0 Å². The molecule has 0 aromatic rings. The van der Waals surface area contributed by atoms with Crippen molar-refractivity contribution >= 4 is 38.4 Å². The van der Waals surface area contributed by atoms with Crippen molar-refractivity contribution in [3.63, 3.8) is 0 Å². The van der Waals surface area contributed by atoms with Crippen LogP contribution in [-0.2, 0) is 39.0 Å². The molecule has 0 atom stereocenters. The Kier molecular flexibility index (Phi) is 13.8. The van der Waals surface area contributed by atoms with Gasteiger partial charge in [-0.25, -0.2) is 31.6 Å². The number of hydrogen-bond acceptors (Lipinski definition) is 11. The third-order valence-electron chi connectivity index (χ3n) is 1.58. The number of sulfonamides is 2. The molecule has 32 heavy (non-hydrogen) atoms. The van der Waals surface area contributed by atoms with Gasteiger partial charge in [-0.3, -0.25) is 0 Å².